The molecule has 0 amide bonds. The lowest BCUT2D eigenvalue weighted by molar-refractivity contribution is 0.415. The molecule has 0 atom stereocenters. The van der Waals surface area contributed by atoms with Crippen LogP contribution in [-0.4, -0.2) is 23.4 Å². The molecule has 0 saturated carbocycles. The molecule has 0 spiro atoms. The number of benzene rings is 2. The van der Waals surface area contributed by atoms with Gasteiger partial charge in [0.1, 0.15) is 67.8 Å². The molecule has 2 aromatic heterocycles. The fraction of sp³-hybridized carbons (Fsp3) is 0.133. The number of aromatic nitrogens is 2. The summed E-state index contributed by atoms with van der Waals surface area (Å²) in [4.78, 5) is 0. The standard InChI is InChI=1S/C30H20N8O2S2/c1-39-19-7-3-17(4-8-19)25-21(11-31)27-35-15-38-28(36-16-37(27)29(41)23(25)13-33)22(12-32)26(24(14-34)30(38)42)18-5-9-20(40-2)10-6-18/h3-10,35-36H,15-16H2,1-2H3. The van der Waals surface area contributed by atoms with Crippen molar-refractivity contribution in [2.24, 2.45) is 0 Å². The van der Waals surface area contributed by atoms with Crippen molar-refractivity contribution in [2.45, 2.75) is 13.3 Å². The second-order valence-electron chi connectivity index (χ2n) is 8.99. The van der Waals surface area contributed by atoms with Crippen LogP contribution < -0.4 is 20.1 Å². The van der Waals surface area contributed by atoms with Crippen LogP contribution in [-0.2, 0) is 13.3 Å². The normalized spacial score (nSPS) is 11.4. The SMILES string of the molecule is COc1ccc(-c2c(C#N)c3n(c(=S)c2C#N)CNc2c(C#N)c(-c4ccc(OC)cc4)c(C#N)c(=S)n2CN3)cc1. The van der Waals surface area contributed by atoms with E-state index in [1.807, 2.05) is 0 Å². The first kappa shape index (κ1) is 27.9. The number of hydrogen-bond acceptors (Lipinski definition) is 10. The van der Waals surface area contributed by atoms with Crippen LogP contribution in [0.4, 0.5) is 11.6 Å². The predicted molar refractivity (Wildman–Crippen MR) is 161 cm³/mol. The summed E-state index contributed by atoms with van der Waals surface area (Å²) < 4.78 is 14.1. The van der Waals surface area contributed by atoms with Crippen LogP contribution in [0.1, 0.15) is 22.3 Å². The van der Waals surface area contributed by atoms with Gasteiger partial charge in [0.25, 0.3) is 0 Å². The number of pyridine rings is 2. The molecule has 0 saturated heterocycles. The Bertz CT molecular complexity index is 1890. The van der Waals surface area contributed by atoms with Gasteiger partial charge in [-0.25, -0.2) is 0 Å². The van der Waals surface area contributed by atoms with Crippen molar-refractivity contribution in [3.63, 3.8) is 0 Å². The average Bonchev–Trinajstić information content (AvgIpc) is 3.02. The fourth-order valence-electron chi connectivity index (χ4n) is 4.94. The Hall–Kier alpha value is -5.66. The maximum Gasteiger partial charge on any atom is 0.128 e. The lowest BCUT2D eigenvalue weighted by Gasteiger charge is -2.28. The summed E-state index contributed by atoms with van der Waals surface area (Å²) in [7, 11) is 3.10. The van der Waals surface area contributed by atoms with E-state index >= 15 is 0 Å². The van der Waals surface area contributed by atoms with Crippen molar-refractivity contribution in [2.75, 3.05) is 24.9 Å². The highest BCUT2D eigenvalue weighted by molar-refractivity contribution is 7.71. The minimum absolute atomic E-state index is 0.00479. The number of rotatable bonds is 4. The van der Waals surface area contributed by atoms with E-state index < -0.39 is 0 Å². The third-order valence-corrected chi connectivity index (χ3v) is 7.79. The van der Waals surface area contributed by atoms with Crippen molar-refractivity contribution in [1.29, 1.82) is 21.0 Å². The summed E-state index contributed by atoms with van der Waals surface area (Å²) in [5.74, 6) is 1.98. The summed E-state index contributed by atoms with van der Waals surface area (Å²) in [5, 5.41) is 47.4. The zero-order chi connectivity index (χ0) is 30.0. The molecule has 0 fully saturated rings. The van der Waals surface area contributed by atoms with E-state index in [1.165, 1.54) is 0 Å². The van der Waals surface area contributed by atoms with Crippen molar-refractivity contribution in [1.82, 2.24) is 9.13 Å². The molecule has 204 valence electrons. The molecule has 12 heteroatoms. The van der Waals surface area contributed by atoms with Crippen LogP contribution >= 0.6 is 24.4 Å². The third kappa shape index (κ3) is 4.48. The Morgan fingerprint density at radius 1 is 0.595 bits per heavy atom. The van der Waals surface area contributed by atoms with Gasteiger partial charge in [-0.05, 0) is 35.4 Å². The smallest absolute Gasteiger partial charge is 0.128 e. The van der Waals surface area contributed by atoms with E-state index in [9.17, 15) is 21.0 Å². The number of anilines is 2. The van der Waals surface area contributed by atoms with Gasteiger partial charge in [0, 0.05) is 11.1 Å². The van der Waals surface area contributed by atoms with Gasteiger partial charge in [-0.3, -0.25) is 9.13 Å². The quantitative estimate of drug-likeness (QED) is 0.270. The third-order valence-electron chi connectivity index (χ3n) is 6.95. The van der Waals surface area contributed by atoms with Crippen LogP contribution in [0, 0.1) is 54.6 Å². The molecule has 4 aromatic rings. The topological polar surface area (TPSA) is 148 Å². The molecule has 2 aromatic carbocycles. The Labute approximate surface area is 251 Å². The van der Waals surface area contributed by atoms with E-state index in [1.54, 1.807) is 71.9 Å². The first-order valence-corrected chi connectivity index (χ1v) is 13.2. The zero-order valence-electron chi connectivity index (χ0n) is 22.3. The van der Waals surface area contributed by atoms with E-state index in [2.05, 4.69) is 34.9 Å². The van der Waals surface area contributed by atoms with Gasteiger partial charge in [-0.15, -0.1) is 0 Å². The molecule has 1 aliphatic rings. The van der Waals surface area contributed by atoms with Gasteiger partial charge in [0.15, 0.2) is 0 Å². The Morgan fingerprint density at radius 2 is 0.929 bits per heavy atom. The Kier molecular flexibility index (Phi) is 7.60. The van der Waals surface area contributed by atoms with E-state index in [4.69, 9.17) is 33.9 Å². The average molecular weight is 589 g/mol. The number of hydrogen-bond donors (Lipinski definition) is 2. The molecular weight excluding hydrogens is 569 g/mol. The molecule has 0 unspecified atom stereocenters. The molecule has 1 aliphatic heterocycles. The highest BCUT2D eigenvalue weighted by Gasteiger charge is 2.26. The molecule has 0 aliphatic carbocycles. The van der Waals surface area contributed by atoms with Crippen molar-refractivity contribution in [3.05, 3.63) is 80.1 Å². The number of nitrogens with one attached hydrogen (secondary N) is 2. The van der Waals surface area contributed by atoms with Gasteiger partial charge < -0.3 is 20.1 Å². The van der Waals surface area contributed by atoms with Crippen LogP contribution in [0.3, 0.4) is 0 Å². The van der Waals surface area contributed by atoms with Crippen molar-refractivity contribution >= 4 is 36.1 Å². The number of ether oxygens (including phenoxy) is 2. The summed E-state index contributed by atoms with van der Waals surface area (Å²) in [6, 6.07) is 22.8. The second kappa shape index (κ2) is 11.4. The molecule has 5 rings (SSSR count). The fourth-order valence-corrected chi connectivity index (χ4v) is 5.55. The molecular formula is C30H20N8O2S2. The van der Waals surface area contributed by atoms with Crippen LogP contribution in [0.5, 0.6) is 11.5 Å². The predicted octanol–water partition coefficient (Wildman–Crippen LogP) is 6.04. The second-order valence-corrected chi connectivity index (χ2v) is 9.76. The molecule has 10 nitrogen and oxygen atoms in total. The highest BCUT2D eigenvalue weighted by atomic mass is 32.1. The maximum atomic E-state index is 10.3. The van der Waals surface area contributed by atoms with Gasteiger partial charge in [0.05, 0.1) is 38.7 Å². The summed E-state index contributed by atoms with van der Waals surface area (Å²) in [6.45, 7) is 0.00957. The van der Waals surface area contributed by atoms with Crippen LogP contribution in [0.25, 0.3) is 22.3 Å². The lowest BCUT2D eigenvalue weighted by Crippen LogP contribution is -2.27. The zero-order valence-corrected chi connectivity index (χ0v) is 24.0. The molecule has 0 bridgehead atoms. The number of nitrogens with zero attached hydrogens (tertiary/aromatic N) is 6. The van der Waals surface area contributed by atoms with E-state index in [0.717, 1.165) is 0 Å². The molecule has 2 N–H and O–H groups in total. The van der Waals surface area contributed by atoms with E-state index in [0.29, 0.717) is 45.4 Å². The minimum atomic E-state index is 0.00479. The van der Waals surface area contributed by atoms with Gasteiger partial charge in [-0.2, -0.15) is 21.0 Å². The summed E-state index contributed by atoms with van der Waals surface area (Å²) in [5.41, 5.74) is 2.76. The number of nitriles is 4. The molecule has 0 radical (unpaired) electrons. The summed E-state index contributed by atoms with van der Waals surface area (Å²) in [6.07, 6.45) is 0. The Balaban J connectivity index is 1.72. The van der Waals surface area contributed by atoms with Gasteiger partial charge >= 0.3 is 0 Å². The largest absolute Gasteiger partial charge is 0.497 e. The monoisotopic (exact) mass is 588 g/mol. The minimum Gasteiger partial charge on any atom is -0.497 e. The van der Waals surface area contributed by atoms with Crippen molar-refractivity contribution in [3.8, 4) is 58.0 Å². The number of fused-ring (bicyclic) bond motifs is 2. The molecule has 3 heterocycles. The first-order chi connectivity index (χ1) is 20.4. The summed E-state index contributed by atoms with van der Waals surface area (Å²) >= 11 is 11.5. The van der Waals surface area contributed by atoms with Crippen molar-refractivity contribution < 1.29 is 9.47 Å². The van der Waals surface area contributed by atoms with Gasteiger partial charge in [0.2, 0.25) is 0 Å². The molecule has 42 heavy (non-hydrogen) atoms. The van der Waals surface area contributed by atoms with Crippen LogP contribution in [0.2, 0.25) is 0 Å². The van der Waals surface area contributed by atoms with E-state index in [-0.39, 0.29) is 44.9 Å². The first-order valence-electron chi connectivity index (χ1n) is 12.4. The highest BCUT2D eigenvalue weighted by Crippen LogP contribution is 2.38. The maximum absolute atomic E-state index is 10.3. The van der Waals surface area contributed by atoms with Gasteiger partial charge in [-0.1, -0.05) is 48.7 Å². The van der Waals surface area contributed by atoms with Crippen LogP contribution in [0.15, 0.2) is 48.5 Å². The Morgan fingerprint density at radius 3 is 1.21 bits per heavy atom. The number of methoxy groups -OCH3 is 2. The lowest BCUT2D eigenvalue weighted by atomic mass is 9.96.